The molecule has 0 saturated carbocycles. The van der Waals surface area contributed by atoms with Gasteiger partial charge in [0.15, 0.2) is 0 Å². The van der Waals surface area contributed by atoms with Gasteiger partial charge in [0.2, 0.25) is 10.0 Å². The largest absolute Gasteiger partial charge is 0.316 e. The van der Waals surface area contributed by atoms with Gasteiger partial charge in [-0.1, -0.05) is 23.2 Å². The number of hydrogen-bond acceptors (Lipinski definition) is 4. The van der Waals surface area contributed by atoms with Crippen molar-refractivity contribution in [2.75, 3.05) is 18.6 Å². The fourth-order valence-corrected chi connectivity index (χ4v) is 5.41. The van der Waals surface area contributed by atoms with Crippen LogP contribution in [0.15, 0.2) is 17.0 Å². The molecule has 1 aliphatic heterocycles. The SMILES string of the molecule is CNCc1cc(S(=O)(=O)NC2CCSC2)c(Cl)cc1Cl. The molecule has 1 unspecified atom stereocenters. The van der Waals surface area contributed by atoms with E-state index in [-0.39, 0.29) is 16.0 Å². The second-order valence-electron chi connectivity index (χ2n) is 4.59. The minimum absolute atomic E-state index is 0.0236. The maximum atomic E-state index is 12.4. The quantitative estimate of drug-likeness (QED) is 0.852. The predicted molar refractivity (Wildman–Crippen MR) is 85.3 cm³/mol. The molecule has 112 valence electrons. The molecule has 2 rings (SSSR count). The molecule has 0 spiro atoms. The number of sulfonamides is 1. The molecule has 0 aliphatic carbocycles. The molecule has 1 saturated heterocycles. The molecular weight excluding hydrogens is 339 g/mol. The highest BCUT2D eigenvalue weighted by Crippen LogP contribution is 2.29. The van der Waals surface area contributed by atoms with Crippen LogP contribution in [-0.4, -0.2) is 33.0 Å². The summed E-state index contributed by atoms with van der Waals surface area (Å²) in [6.45, 7) is 0.484. The maximum Gasteiger partial charge on any atom is 0.242 e. The zero-order valence-electron chi connectivity index (χ0n) is 10.9. The van der Waals surface area contributed by atoms with Gasteiger partial charge in [-0.05, 0) is 36.9 Å². The molecule has 0 aromatic heterocycles. The zero-order chi connectivity index (χ0) is 14.8. The van der Waals surface area contributed by atoms with E-state index in [1.54, 1.807) is 18.8 Å². The number of hydrogen-bond donors (Lipinski definition) is 2. The minimum Gasteiger partial charge on any atom is -0.316 e. The van der Waals surface area contributed by atoms with Gasteiger partial charge < -0.3 is 5.32 Å². The van der Waals surface area contributed by atoms with Crippen molar-refractivity contribution in [3.05, 3.63) is 27.7 Å². The number of rotatable bonds is 5. The van der Waals surface area contributed by atoms with E-state index < -0.39 is 10.0 Å². The van der Waals surface area contributed by atoms with Crippen molar-refractivity contribution < 1.29 is 8.42 Å². The number of halogens is 2. The first-order valence-corrected chi connectivity index (χ1v) is 9.56. The lowest BCUT2D eigenvalue weighted by molar-refractivity contribution is 0.563. The molecule has 20 heavy (non-hydrogen) atoms. The molecule has 1 atom stereocenters. The molecule has 1 aliphatic rings. The predicted octanol–water partition coefficient (Wildman–Crippen LogP) is 2.50. The van der Waals surface area contributed by atoms with Gasteiger partial charge in [-0.25, -0.2) is 13.1 Å². The Morgan fingerprint density at radius 1 is 1.35 bits per heavy atom. The van der Waals surface area contributed by atoms with E-state index in [9.17, 15) is 8.42 Å². The van der Waals surface area contributed by atoms with Gasteiger partial charge in [0, 0.05) is 23.4 Å². The fourth-order valence-electron chi connectivity index (χ4n) is 2.01. The summed E-state index contributed by atoms with van der Waals surface area (Å²) in [7, 11) is -1.84. The monoisotopic (exact) mass is 354 g/mol. The lowest BCUT2D eigenvalue weighted by Crippen LogP contribution is -2.34. The third kappa shape index (κ3) is 3.81. The molecule has 0 radical (unpaired) electrons. The summed E-state index contributed by atoms with van der Waals surface area (Å²) < 4.78 is 27.5. The topological polar surface area (TPSA) is 58.2 Å². The Morgan fingerprint density at radius 2 is 2.10 bits per heavy atom. The number of nitrogens with one attached hydrogen (secondary N) is 2. The van der Waals surface area contributed by atoms with Crippen LogP contribution in [0.5, 0.6) is 0 Å². The molecule has 1 heterocycles. The Labute approximate surface area is 133 Å². The van der Waals surface area contributed by atoms with E-state index in [2.05, 4.69) is 10.0 Å². The van der Waals surface area contributed by atoms with E-state index in [4.69, 9.17) is 23.2 Å². The third-order valence-electron chi connectivity index (χ3n) is 3.01. The Balaban J connectivity index is 2.32. The van der Waals surface area contributed by atoms with Crippen molar-refractivity contribution in [1.82, 2.24) is 10.0 Å². The molecular formula is C12H16Cl2N2O2S2. The van der Waals surface area contributed by atoms with E-state index in [1.165, 1.54) is 12.1 Å². The van der Waals surface area contributed by atoms with E-state index in [0.717, 1.165) is 17.9 Å². The van der Waals surface area contributed by atoms with Crippen molar-refractivity contribution in [3.63, 3.8) is 0 Å². The van der Waals surface area contributed by atoms with Crippen molar-refractivity contribution in [1.29, 1.82) is 0 Å². The molecule has 2 N–H and O–H groups in total. The van der Waals surface area contributed by atoms with Crippen LogP contribution < -0.4 is 10.0 Å². The molecule has 0 amide bonds. The highest BCUT2D eigenvalue weighted by atomic mass is 35.5. The lowest BCUT2D eigenvalue weighted by Gasteiger charge is -2.14. The normalized spacial score (nSPS) is 19.4. The summed E-state index contributed by atoms with van der Waals surface area (Å²) >= 11 is 13.8. The first-order chi connectivity index (χ1) is 9.44. The second-order valence-corrected chi connectivity index (χ2v) is 8.23. The Hall–Kier alpha value is 0.0200. The van der Waals surface area contributed by atoms with E-state index in [0.29, 0.717) is 17.1 Å². The molecule has 4 nitrogen and oxygen atoms in total. The summed E-state index contributed by atoms with van der Waals surface area (Å²) in [5, 5.41) is 3.55. The van der Waals surface area contributed by atoms with Gasteiger partial charge in [0.1, 0.15) is 4.90 Å². The van der Waals surface area contributed by atoms with Gasteiger partial charge in [0.05, 0.1) is 5.02 Å². The van der Waals surface area contributed by atoms with Crippen molar-refractivity contribution in [2.45, 2.75) is 23.9 Å². The second kappa shape index (κ2) is 6.85. The van der Waals surface area contributed by atoms with Crippen LogP contribution in [-0.2, 0) is 16.6 Å². The summed E-state index contributed by atoms with van der Waals surface area (Å²) in [5.74, 6) is 1.78. The van der Waals surface area contributed by atoms with Crippen molar-refractivity contribution in [3.8, 4) is 0 Å². The zero-order valence-corrected chi connectivity index (χ0v) is 14.1. The molecule has 8 heteroatoms. The van der Waals surface area contributed by atoms with Crippen molar-refractivity contribution in [2.24, 2.45) is 0 Å². The Morgan fingerprint density at radius 3 is 2.70 bits per heavy atom. The minimum atomic E-state index is -3.61. The molecule has 0 bridgehead atoms. The summed E-state index contributed by atoms with van der Waals surface area (Å²) in [5.41, 5.74) is 0.708. The van der Waals surface area contributed by atoms with Crippen LogP contribution >= 0.6 is 35.0 Å². The van der Waals surface area contributed by atoms with Crippen LogP contribution in [0.1, 0.15) is 12.0 Å². The fraction of sp³-hybridized carbons (Fsp3) is 0.500. The van der Waals surface area contributed by atoms with Gasteiger partial charge in [-0.15, -0.1) is 0 Å². The first kappa shape index (κ1) is 16.4. The van der Waals surface area contributed by atoms with Crippen LogP contribution in [0.25, 0.3) is 0 Å². The van der Waals surface area contributed by atoms with Gasteiger partial charge in [0.25, 0.3) is 0 Å². The number of thioether (sulfide) groups is 1. The third-order valence-corrected chi connectivity index (χ3v) is 6.51. The summed E-state index contributed by atoms with van der Waals surface area (Å²) in [4.78, 5) is 0.0886. The van der Waals surface area contributed by atoms with Crippen molar-refractivity contribution >= 4 is 45.0 Å². The van der Waals surface area contributed by atoms with Gasteiger partial charge in [-0.3, -0.25) is 0 Å². The van der Waals surface area contributed by atoms with Crippen LogP contribution in [0.3, 0.4) is 0 Å². The van der Waals surface area contributed by atoms with Crippen LogP contribution in [0, 0.1) is 0 Å². The Kier molecular flexibility index (Phi) is 5.62. The van der Waals surface area contributed by atoms with Gasteiger partial charge >= 0.3 is 0 Å². The standard InChI is InChI=1S/C12H16Cl2N2O2S2/c1-15-6-8-4-12(11(14)5-10(8)13)20(17,18)16-9-2-3-19-7-9/h4-5,9,15-16H,2-3,6-7H2,1H3. The number of benzene rings is 1. The lowest BCUT2D eigenvalue weighted by atomic mass is 10.2. The molecule has 1 aromatic rings. The van der Waals surface area contributed by atoms with Crippen LogP contribution in [0.2, 0.25) is 10.0 Å². The first-order valence-electron chi connectivity index (χ1n) is 6.16. The van der Waals surface area contributed by atoms with Gasteiger partial charge in [-0.2, -0.15) is 11.8 Å². The van der Waals surface area contributed by atoms with Crippen LogP contribution in [0.4, 0.5) is 0 Å². The van der Waals surface area contributed by atoms with E-state index >= 15 is 0 Å². The maximum absolute atomic E-state index is 12.4. The Bertz CT molecular complexity index is 587. The molecule has 1 aromatic carbocycles. The smallest absolute Gasteiger partial charge is 0.242 e. The average Bonchev–Trinajstić information content (AvgIpc) is 2.84. The molecule has 1 fully saturated rings. The summed E-state index contributed by atoms with van der Waals surface area (Å²) in [6, 6.07) is 2.99. The highest BCUT2D eigenvalue weighted by Gasteiger charge is 2.25. The van der Waals surface area contributed by atoms with E-state index in [1.807, 2.05) is 0 Å². The highest BCUT2D eigenvalue weighted by molar-refractivity contribution is 7.99. The summed E-state index contributed by atoms with van der Waals surface area (Å²) in [6.07, 6.45) is 0.846. The average molecular weight is 355 g/mol.